The molecule has 2 radical (unpaired) electrons. The van der Waals surface area contributed by atoms with E-state index >= 15 is 0 Å². The van der Waals surface area contributed by atoms with Crippen LogP contribution in [0.4, 0.5) is 0 Å². The Bertz CT molecular complexity index is 507. The molecule has 0 heteroatoms. The lowest BCUT2D eigenvalue weighted by atomic mass is 10.0. The minimum Gasteiger partial charge on any atom is -0.0622 e. The predicted molar refractivity (Wildman–Crippen MR) is 79.3 cm³/mol. The number of benzene rings is 2. The lowest BCUT2D eigenvalue weighted by Crippen LogP contribution is -1.84. The summed E-state index contributed by atoms with van der Waals surface area (Å²) in [5.41, 5.74) is 5.67. The van der Waals surface area contributed by atoms with Gasteiger partial charge in [-0.3, -0.25) is 0 Å². The predicted octanol–water partition coefficient (Wildman–Crippen LogP) is 5.28. The van der Waals surface area contributed by atoms with Gasteiger partial charge in [0.15, 0.2) is 0 Å². The van der Waals surface area contributed by atoms with Crippen LogP contribution in [0.15, 0.2) is 48.5 Å². The van der Waals surface area contributed by atoms with E-state index < -0.39 is 0 Å². The lowest BCUT2D eigenvalue weighted by molar-refractivity contribution is 1.15. The van der Waals surface area contributed by atoms with Crippen molar-refractivity contribution in [2.75, 3.05) is 0 Å². The molecule has 0 aliphatic heterocycles. The van der Waals surface area contributed by atoms with Gasteiger partial charge in [-0.15, -0.1) is 0 Å². The highest BCUT2D eigenvalue weighted by Crippen LogP contribution is 2.41. The molecule has 0 nitrogen and oxygen atoms in total. The van der Waals surface area contributed by atoms with E-state index in [0.717, 1.165) is 0 Å². The largest absolute Gasteiger partial charge is 0.0622 e. The molecule has 92 valence electrons. The molecule has 3 rings (SSSR count). The van der Waals surface area contributed by atoms with Crippen LogP contribution in [0.2, 0.25) is 0 Å². The van der Waals surface area contributed by atoms with E-state index in [1.165, 1.54) is 34.1 Å². The molecule has 1 aromatic carbocycles. The monoisotopic (exact) mass is 236 g/mol. The SMILES string of the molecule is C[C](C)c1ccc2cc1-2.C[C](C)c1ccccc1. The molecule has 0 bridgehead atoms. The summed E-state index contributed by atoms with van der Waals surface area (Å²) in [5.74, 6) is 2.79. The number of hydrogen-bond acceptors (Lipinski definition) is 0. The van der Waals surface area contributed by atoms with Gasteiger partial charge in [0.1, 0.15) is 0 Å². The van der Waals surface area contributed by atoms with Crippen molar-refractivity contribution in [2.24, 2.45) is 0 Å². The highest BCUT2D eigenvalue weighted by Gasteiger charge is 2.18. The Morgan fingerprint density at radius 1 is 0.722 bits per heavy atom. The van der Waals surface area contributed by atoms with Gasteiger partial charge in [-0.05, 0) is 40.2 Å². The van der Waals surface area contributed by atoms with Crippen LogP contribution in [-0.2, 0) is 0 Å². The zero-order chi connectivity index (χ0) is 13.1. The highest BCUT2D eigenvalue weighted by molar-refractivity contribution is 5.86. The number of rotatable bonds is 2. The maximum atomic E-state index is 2.22. The van der Waals surface area contributed by atoms with Gasteiger partial charge in [-0.1, -0.05) is 70.2 Å². The summed E-state index contributed by atoms with van der Waals surface area (Å²) in [6.07, 6.45) is 0. The van der Waals surface area contributed by atoms with Crippen LogP contribution >= 0.6 is 0 Å². The topological polar surface area (TPSA) is 0 Å². The second kappa shape index (κ2) is 5.39. The van der Waals surface area contributed by atoms with Gasteiger partial charge in [0.05, 0.1) is 0 Å². The van der Waals surface area contributed by atoms with Crippen LogP contribution in [0.3, 0.4) is 0 Å². The Balaban J connectivity index is 0.000000134. The standard InChI is InChI=1S/C9H9.C9H11/c1-6(2)8-4-3-7-5-9(7)8;1-8(2)9-6-4-3-5-7-9/h3-5H,1-2H3;3-7H,1-2H3. The van der Waals surface area contributed by atoms with E-state index in [4.69, 9.17) is 0 Å². The minimum atomic E-state index is 1.33. The van der Waals surface area contributed by atoms with E-state index in [1.807, 2.05) is 6.07 Å². The Morgan fingerprint density at radius 2 is 1.39 bits per heavy atom. The second-order valence-electron chi connectivity index (χ2n) is 5.13. The maximum absolute atomic E-state index is 2.22. The van der Waals surface area contributed by atoms with Crippen molar-refractivity contribution >= 4 is 0 Å². The Morgan fingerprint density at radius 3 is 1.67 bits per heavy atom. The van der Waals surface area contributed by atoms with Crippen LogP contribution in [0, 0.1) is 11.8 Å². The third kappa shape index (κ3) is 3.01. The Kier molecular flexibility index (Phi) is 3.86. The summed E-state index contributed by atoms with van der Waals surface area (Å²) in [6.45, 7) is 8.55. The molecule has 0 N–H and O–H groups in total. The van der Waals surface area contributed by atoms with Gasteiger partial charge in [0, 0.05) is 0 Å². The zero-order valence-corrected chi connectivity index (χ0v) is 11.6. The first-order valence-electron chi connectivity index (χ1n) is 6.40. The average Bonchev–Trinajstić information content (AvgIpc) is 3.01. The summed E-state index contributed by atoms with van der Waals surface area (Å²) in [4.78, 5) is 0. The van der Waals surface area contributed by atoms with E-state index in [0.29, 0.717) is 0 Å². The first kappa shape index (κ1) is 12.9. The van der Waals surface area contributed by atoms with Crippen molar-refractivity contribution in [3.8, 4) is 11.1 Å². The van der Waals surface area contributed by atoms with Gasteiger partial charge in [0.2, 0.25) is 0 Å². The van der Waals surface area contributed by atoms with Crippen molar-refractivity contribution < 1.29 is 0 Å². The molecule has 0 aromatic heterocycles. The van der Waals surface area contributed by atoms with Crippen LogP contribution in [0.25, 0.3) is 11.1 Å². The van der Waals surface area contributed by atoms with E-state index in [9.17, 15) is 0 Å². The first-order chi connectivity index (χ1) is 8.59. The molecule has 0 fully saturated rings. The molecule has 0 unspecified atom stereocenters. The summed E-state index contributed by atoms with van der Waals surface area (Å²) < 4.78 is 0. The van der Waals surface area contributed by atoms with Gasteiger partial charge in [-0.2, -0.15) is 0 Å². The molecule has 1 aromatic rings. The van der Waals surface area contributed by atoms with Crippen molar-refractivity contribution in [3.63, 3.8) is 0 Å². The molecule has 18 heavy (non-hydrogen) atoms. The molecule has 0 atom stereocenters. The fourth-order valence-corrected chi connectivity index (χ4v) is 1.96. The lowest BCUT2D eigenvalue weighted by Gasteiger charge is -2.00. The normalized spacial score (nSPS) is 11.2. The first-order valence-corrected chi connectivity index (χ1v) is 6.40. The van der Waals surface area contributed by atoms with Gasteiger partial charge in [-0.25, -0.2) is 0 Å². The van der Waals surface area contributed by atoms with Crippen molar-refractivity contribution in [2.45, 2.75) is 27.7 Å². The molecular weight excluding hydrogens is 216 g/mol. The quantitative estimate of drug-likeness (QED) is 0.568. The highest BCUT2D eigenvalue weighted by atomic mass is 14.2. The van der Waals surface area contributed by atoms with E-state index in [-0.39, 0.29) is 0 Å². The summed E-state index contributed by atoms with van der Waals surface area (Å²) in [6, 6.07) is 17.0. The van der Waals surface area contributed by atoms with Crippen LogP contribution in [-0.4, -0.2) is 0 Å². The zero-order valence-electron chi connectivity index (χ0n) is 11.6. The molecule has 0 amide bonds. The second-order valence-corrected chi connectivity index (χ2v) is 5.13. The minimum absolute atomic E-state index is 1.33. The molecule has 0 saturated heterocycles. The van der Waals surface area contributed by atoms with Gasteiger partial charge in [0.25, 0.3) is 0 Å². The maximum Gasteiger partial charge on any atom is -0.000568 e. The van der Waals surface area contributed by atoms with Crippen molar-refractivity contribution in [1.82, 2.24) is 0 Å². The van der Waals surface area contributed by atoms with Gasteiger partial charge >= 0.3 is 0 Å². The Hall–Kier alpha value is -1.56. The van der Waals surface area contributed by atoms with E-state index in [2.05, 4.69) is 70.2 Å². The smallest absolute Gasteiger partial charge is 0.000568 e. The van der Waals surface area contributed by atoms with Crippen LogP contribution in [0.1, 0.15) is 38.8 Å². The van der Waals surface area contributed by atoms with Crippen LogP contribution < -0.4 is 0 Å². The average molecular weight is 236 g/mol. The molecule has 0 heterocycles. The van der Waals surface area contributed by atoms with E-state index in [1.54, 1.807) is 0 Å². The summed E-state index contributed by atoms with van der Waals surface area (Å²) in [7, 11) is 0. The summed E-state index contributed by atoms with van der Waals surface area (Å²) >= 11 is 0. The Labute approximate surface area is 111 Å². The molecule has 0 saturated carbocycles. The van der Waals surface area contributed by atoms with Gasteiger partial charge < -0.3 is 0 Å². The molecular formula is C18H20. The fourth-order valence-electron chi connectivity index (χ4n) is 1.96. The molecule has 0 spiro atoms. The van der Waals surface area contributed by atoms with Crippen molar-refractivity contribution in [3.05, 3.63) is 71.5 Å². The fraction of sp³-hybridized carbons (Fsp3) is 0.222. The van der Waals surface area contributed by atoms with Crippen LogP contribution in [0.5, 0.6) is 0 Å². The molecule has 2 aliphatic carbocycles. The van der Waals surface area contributed by atoms with Crippen molar-refractivity contribution in [1.29, 1.82) is 0 Å². The number of hydrogen-bond donors (Lipinski definition) is 0. The molecule has 2 aliphatic rings. The summed E-state index contributed by atoms with van der Waals surface area (Å²) in [5, 5.41) is 0. The third-order valence-corrected chi connectivity index (χ3v) is 3.14. The third-order valence-electron chi connectivity index (χ3n) is 3.14. The number of fused-ring (bicyclic) bond motifs is 1.